The highest BCUT2D eigenvalue weighted by Crippen LogP contribution is 2.45. The highest BCUT2D eigenvalue weighted by Gasteiger charge is 2.40. The quantitative estimate of drug-likeness (QED) is 0.759. The largest absolute Gasteiger partial charge is 0.436 e. The minimum Gasteiger partial charge on any atom is -0.280 e. The average molecular weight is 211 g/mol. The summed E-state index contributed by atoms with van der Waals surface area (Å²) < 4.78 is 36.5. The first-order valence-electron chi connectivity index (χ1n) is 3.81. The molecule has 2 nitrogen and oxygen atoms in total. The second-order valence-electron chi connectivity index (χ2n) is 3.07. The number of aromatic amines is 1. The molecule has 0 aliphatic heterocycles. The predicted molar refractivity (Wildman–Crippen MR) is 40.6 cm³/mol. The standard InChI is InChI=1S/C7H6ClF3N2/c8-4-5(3-1-2-3)12-13-6(4)7(9,10)11/h3H,1-2H2,(H,12,13). The molecule has 0 saturated heterocycles. The molecule has 1 heterocycles. The second kappa shape index (κ2) is 2.64. The lowest BCUT2D eigenvalue weighted by Crippen LogP contribution is -2.06. The van der Waals surface area contributed by atoms with Crippen LogP contribution in [0.2, 0.25) is 5.02 Å². The molecule has 0 bridgehead atoms. The van der Waals surface area contributed by atoms with Crippen molar-refractivity contribution in [2.75, 3.05) is 0 Å². The molecule has 0 radical (unpaired) electrons. The van der Waals surface area contributed by atoms with Crippen LogP contribution in [0, 0.1) is 0 Å². The van der Waals surface area contributed by atoms with E-state index in [0.29, 0.717) is 5.69 Å². The monoisotopic (exact) mass is 210 g/mol. The summed E-state index contributed by atoms with van der Waals surface area (Å²) in [5.41, 5.74) is -0.579. The van der Waals surface area contributed by atoms with Crippen molar-refractivity contribution in [3.8, 4) is 0 Å². The number of nitrogens with zero attached hydrogens (tertiary/aromatic N) is 1. The lowest BCUT2D eigenvalue weighted by Gasteiger charge is -2.01. The first-order valence-corrected chi connectivity index (χ1v) is 4.19. The van der Waals surface area contributed by atoms with Crippen LogP contribution < -0.4 is 0 Å². The second-order valence-corrected chi connectivity index (χ2v) is 3.45. The lowest BCUT2D eigenvalue weighted by atomic mass is 10.2. The van der Waals surface area contributed by atoms with Gasteiger partial charge in [0.2, 0.25) is 0 Å². The molecule has 1 aliphatic carbocycles. The summed E-state index contributed by atoms with van der Waals surface area (Å²) in [5, 5.41) is 5.24. The molecule has 1 saturated carbocycles. The Labute approximate surface area is 77.1 Å². The van der Waals surface area contributed by atoms with Gasteiger partial charge in [0, 0.05) is 5.92 Å². The Morgan fingerprint density at radius 2 is 2.00 bits per heavy atom. The van der Waals surface area contributed by atoms with Gasteiger partial charge in [-0.1, -0.05) is 11.6 Å². The molecule has 1 aliphatic rings. The normalized spacial score (nSPS) is 17.8. The van der Waals surface area contributed by atoms with Crippen molar-refractivity contribution in [2.24, 2.45) is 0 Å². The summed E-state index contributed by atoms with van der Waals surface area (Å²) >= 11 is 5.53. The summed E-state index contributed by atoms with van der Waals surface area (Å²) in [7, 11) is 0. The van der Waals surface area contributed by atoms with E-state index in [1.807, 2.05) is 0 Å². The summed E-state index contributed by atoms with van der Waals surface area (Å²) in [4.78, 5) is 0. The lowest BCUT2D eigenvalue weighted by molar-refractivity contribution is -0.141. The van der Waals surface area contributed by atoms with E-state index in [0.717, 1.165) is 12.8 Å². The van der Waals surface area contributed by atoms with Gasteiger partial charge in [-0.3, -0.25) is 5.10 Å². The number of hydrogen-bond donors (Lipinski definition) is 1. The van der Waals surface area contributed by atoms with Crippen LogP contribution in [0.1, 0.15) is 30.1 Å². The Morgan fingerprint density at radius 1 is 1.38 bits per heavy atom. The highest BCUT2D eigenvalue weighted by molar-refractivity contribution is 6.32. The van der Waals surface area contributed by atoms with Crippen LogP contribution in [0.25, 0.3) is 0 Å². The molecule has 1 aromatic heterocycles. The fraction of sp³-hybridized carbons (Fsp3) is 0.571. The zero-order chi connectivity index (χ0) is 9.64. The summed E-state index contributed by atoms with van der Waals surface area (Å²) in [6.07, 6.45) is -2.68. The van der Waals surface area contributed by atoms with Crippen LogP contribution in [-0.4, -0.2) is 10.2 Å². The summed E-state index contributed by atoms with van der Waals surface area (Å²) in [6, 6.07) is 0. The number of nitrogens with one attached hydrogen (secondary N) is 1. The van der Waals surface area contributed by atoms with Crippen molar-refractivity contribution in [2.45, 2.75) is 24.9 Å². The van der Waals surface area contributed by atoms with Gasteiger partial charge >= 0.3 is 6.18 Å². The molecule has 72 valence electrons. The van der Waals surface area contributed by atoms with Crippen LogP contribution in [-0.2, 0) is 6.18 Å². The van der Waals surface area contributed by atoms with Gasteiger partial charge in [-0.15, -0.1) is 0 Å². The van der Waals surface area contributed by atoms with Crippen molar-refractivity contribution in [3.63, 3.8) is 0 Å². The Kier molecular flexibility index (Phi) is 1.80. The molecule has 0 aromatic carbocycles. The third-order valence-corrected chi connectivity index (χ3v) is 2.37. The van der Waals surface area contributed by atoms with Gasteiger partial charge in [0.15, 0.2) is 5.69 Å². The third kappa shape index (κ3) is 1.52. The first-order chi connectivity index (χ1) is 6.00. The van der Waals surface area contributed by atoms with E-state index in [-0.39, 0.29) is 10.9 Å². The van der Waals surface area contributed by atoms with Crippen molar-refractivity contribution in [3.05, 3.63) is 16.4 Å². The maximum absolute atomic E-state index is 12.2. The summed E-state index contributed by atoms with van der Waals surface area (Å²) in [5.74, 6) is 0.149. The Bertz CT molecular complexity index is 327. The number of alkyl halides is 3. The third-order valence-electron chi connectivity index (χ3n) is 1.99. The van der Waals surface area contributed by atoms with Gasteiger partial charge in [-0.2, -0.15) is 18.3 Å². The molecule has 6 heteroatoms. The molecule has 0 unspecified atom stereocenters. The molecule has 1 aromatic rings. The Morgan fingerprint density at radius 3 is 2.38 bits per heavy atom. The molecule has 1 fully saturated rings. The number of H-pyrrole nitrogens is 1. The SMILES string of the molecule is FC(F)(F)c1n[nH]c(C2CC2)c1Cl. The van der Waals surface area contributed by atoms with Gasteiger partial charge in [0.05, 0.1) is 10.7 Å². The molecular formula is C7H6ClF3N2. The van der Waals surface area contributed by atoms with E-state index >= 15 is 0 Å². The van der Waals surface area contributed by atoms with Crippen molar-refractivity contribution >= 4 is 11.6 Å². The Balaban J connectivity index is 2.38. The van der Waals surface area contributed by atoms with Crippen LogP contribution in [0.5, 0.6) is 0 Å². The maximum atomic E-state index is 12.2. The molecule has 0 spiro atoms. The van der Waals surface area contributed by atoms with E-state index in [2.05, 4.69) is 10.2 Å². The fourth-order valence-corrected chi connectivity index (χ4v) is 1.52. The molecule has 0 amide bonds. The zero-order valence-corrected chi connectivity index (χ0v) is 7.21. The molecule has 13 heavy (non-hydrogen) atoms. The number of rotatable bonds is 1. The summed E-state index contributed by atoms with van der Waals surface area (Å²) in [6.45, 7) is 0. The highest BCUT2D eigenvalue weighted by atomic mass is 35.5. The minimum atomic E-state index is -4.46. The predicted octanol–water partition coefficient (Wildman–Crippen LogP) is 2.96. The zero-order valence-electron chi connectivity index (χ0n) is 6.45. The van der Waals surface area contributed by atoms with Gasteiger partial charge in [0.1, 0.15) is 0 Å². The minimum absolute atomic E-state index is 0.149. The van der Waals surface area contributed by atoms with E-state index in [9.17, 15) is 13.2 Å². The van der Waals surface area contributed by atoms with Crippen LogP contribution >= 0.6 is 11.6 Å². The van der Waals surface area contributed by atoms with Crippen molar-refractivity contribution < 1.29 is 13.2 Å². The van der Waals surface area contributed by atoms with Gasteiger partial charge in [-0.05, 0) is 12.8 Å². The fourth-order valence-electron chi connectivity index (χ4n) is 1.17. The molecule has 0 atom stereocenters. The average Bonchev–Trinajstić information content (AvgIpc) is 2.73. The van der Waals surface area contributed by atoms with Gasteiger partial charge < -0.3 is 0 Å². The molecular weight excluding hydrogens is 205 g/mol. The first kappa shape index (κ1) is 8.87. The number of halogens is 4. The number of aromatic nitrogens is 2. The van der Waals surface area contributed by atoms with Gasteiger partial charge in [0.25, 0.3) is 0 Å². The van der Waals surface area contributed by atoms with Crippen LogP contribution in [0.15, 0.2) is 0 Å². The van der Waals surface area contributed by atoms with Crippen LogP contribution in [0.4, 0.5) is 13.2 Å². The molecule has 1 N–H and O–H groups in total. The molecule has 2 rings (SSSR count). The smallest absolute Gasteiger partial charge is 0.280 e. The number of hydrogen-bond acceptors (Lipinski definition) is 1. The van der Waals surface area contributed by atoms with E-state index in [4.69, 9.17) is 11.6 Å². The Hall–Kier alpha value is -0.710. The van der Waals surface area contributed by atoms with E-state index in [1.54, 1.807) is 0 Å². The van der Waals surface area contributed by atoms with Crippen molar-refractivity contribution in [1.29, 1.82) is 0 Å². The van der Waals surface area contributed by atoms with Crippen molar-refractivity contribution in [1.82, 2.24) is 10.2 Å². The van der Waals surface area contributed by atoms with E-state index < -0.39 is 11.9 Å². The van der Waals surface area contributed by atoms with E-state index in [1.165, 1.54) is 0 Å². The topological polar surface area (TPSA) is 28.7 Å². The maximum Gasteiger partial charge on any atom is 0.436 e. The van der Waals surface area contributed by atoms with Crippen LogP contribution in [0.3, 0.4) is 0 Å². The van der Waals surface area contributed by atoms with Gasteiger partial charge in [-0.25, -0.2) is 0 Å².